The summed E-state index contributed by atoms with van der Waals surface area (Å²) in [5.41, 5.74) is 0.384. The second-order valence-corrected chi connectivity index (χ2v) is 5.48. The second-order valence-electron chi connectivity index (χ2n) is 4.23. The van der Waals surface area contributed by atoms with Crippen molar-refractivity contribution < 1.29 is 19.0 Å². The van der Waals surface area contributed by atoms with Crippen molar-refractivity contribution in [2.45, 2.75) is 0 Å². The van der Waals surface area contributed by atoms with E-state index in [0.717, 1.165) is 3.57 Å². The molecule has 0 aliphatic heterocycles. The molecule has 116 valence electrons. The van der Waals surface area contributed by atoms with Crippen molar-refractivity contribution in [2.75, 3.05) is 26.6 Å². The van der Waals surface area contributed by atoms with E-state index in [0.29, 0.717) is 28.6 Å². The van der Waals surface area contributed by atoms with Crippen molar-refractivity contribution in [1.29, 1.82) is 0 Å². The summed E-state index contributed by atoms with van der Waals surface area (Å²) >= 11 is 2.15. The highest BCUT2D eigenvalue weighted by molar-refractivity contribution is 14.1. The van der Waals surface area contributed by atoms with Gasteiger partial charge in [-0.25, -0.2) is 4.98 Å². The molecule has 6 nitrogen and oxygen atoms in total. The Labute approximate surface area is 141 Å². The van der Waals surface area contributed by atoms with Crippen LogP contribution in [0.2, 0.25) is 0 Å². The van der Waals surface area contributed by atoms with Crippen LogP contribution in [-0.2, 0) is 0 Å². The van der Waals surface area contributed by atoms with Crippen LogP contribution >= 0.6 is 22.6 Å². The van der Waals surface area contributed by atoms with Crippen LogP contribution in [0.25, 0.3) is 0 Å². The molecule has 0 fully saturated rings. The molecule has 0 saturated heterocycles. The van der Waals surface area contributed by atoms with Crippen LogP contribution in [0.15, 0.2) is 30.5 Å². The molecule has 2 aromatic rings. The van der Waals surface area contributed by atoms with Gasteiger partial charge in [0.1, 0.15) is 5.82 Å². The zero-order valence-electron chi connectivity index (χ0n) is 12.3. The van der Waals surface area contributed by atoms with Crippen LogP contribution in [0.3, 0.4) is 0 Å². The fraction of sp³-hybridized carbons (Fsp3) is 0.200. The van der Waals surface area contributed by atoms with E-state index in [2.05, 4.69) is 32.9 Å². The highest BCUT2D eigenvalue weighted by Crippen LogP contribution is 2.38. The van der Waals surface area contributed by atoms with Crippen molar-refractivity contribution in [3.8, 4) is 17.2 Å². The smallest absolute Gasteiger partial charge is 0.257 e. The number of ether oxygens (including phenoxy) is 3. The van der Waals surface area contributed by atoms with Crippen LogP contribution in [-0.4, -0.2) is 32.2 Å². The van der Waals surface area contributed by atoms with Crippen LogP contribution in [0.4, 0.5) is 5.82 Å². The maximum absolute atomic E-state index is 12.3. The molecule has 0 bridgehead atoms. The highest BCUT2D eigenvalue weighted by atomic mass is 127. The maximum Gasteiger partial charge on any atom is 0.257 e. The van der Waals surface area contributed by atoms with Crippen LogP contribution in [0.5, 0.6) is 17.2 Å². The molecule has 0 aliphatic carbocycles. The fourth-order valence-electron chi connectivity index (χ4n) is 1.85. The third-order valence-corrected chi connectivity index (χ3v) is 3.53. The van der Waals surface area contributed by atoms with E-state index >= 15 is 0 Å². The number of methoxy groups -OCH3 is 3. The van der Waals surface area contributed by atoms with Crippen LogP contribution in [0, 0.1) is 3.57 Å². The van der Waals surface area contributed by atoms with Gasteiger partial charge >= 0.3 is 0 Å². The number of carbonyl (C=O) groups is 1. The van der Waals surface area contributed by atoms with Gasteiger partial charge in [0.05, 0.1) is 21.3 Å². The third-order valence-electron chi connectivity index (χ3n) is 2.90. The van der Waals surface area contributed by atoms with Gasteiger partial charge in [0.25, 0.3) is 5.91 Å². The van der Waals surface area contributed by atoms with Gasteiger partial charge in [0.15, 0.2) is 11.5 Å². The first-order valence-corrected chi connectivity index (χ1v) is 7.39. The Balaban J connectivity index is 2.31. The van der Waals surface area contributed by atoms with E-state index in [1.165, 1.54) is 21.3 Å². The lowest BCUT2D eigenvalue weighted by Gasteiger charge is -2.14. The number of anilines is 1. The summed E-state index contributed by atoms with van der Waals surface area (Å²) in [5.74, 6) is 1.44. The average molecular weight is 414 g/mol. The Morgan fingerprint density at radius 3 is 2.18 bits per heavy atom. The first-order chi connectivity index (χ1) is 10.6. The molecule has 7 heteroatoms. The van der Waals surface area contributed by atoms with Gasteiger partial charge in [-0.15, -0.1) is 0 Å². The molecule has 0 unspecified atom stereocenters. The Hall–Kier alpha value is -2.03. The quantitative estimate of drug-likeness (QED) is 0.763. The standard InChI is InChI=1S/C15H15IN2O4/c1-20-11-6-9(7-12(21-2)14(11)22-3)15(19)18-13-5-4-10(16)8-17-13/h4-8H,1-3H3,(H,17,18,19). The van der Waals surface area contributed by atoms with Gasteiger partial charge in [-0.3, -0.25) is 4.79 Å². The molecule has 0 aliphatic rings. The van der Waals surface area contributed by atoms with Crippen molar-refractivity contribution in [3.63, 3.8) is 0 Å². The van der Waals surface area contributed by atoms with Crippen molar-refractivity contribution >= 4 is 34.3 Å². The number of amides is 1. The Morgan fingerprint density at radius 1 is 1.09 bits per heavy atom. The molecular formula is C15H15IN2O4. The van der Waals surface area contributed by atoms with Crippen molar-refractivity contribution in [1.82, 2.24) is 4.98 Å². The Morgan fingerprint density at radius 2 is 1.73 bits per heavy atom. The summed E-state index contributed by atoms with van der Waals surface area (Å²) in [6, 6.07) is 6.77. The van der Waals surface area contributed by atoms with E-state index in [1.54, 1.807) is 24.4 Å². The molecule has 0 spiro atoms. The Bertz CT molecular complexity index is 649. The highest BCUT2D eigenvalue weighted by Gasteiger charge is 2.17. The van der Waals surface area contributed by atoms with Crippen molar-refractivity contribution in [3.05, 3.63) is 39.6 Å². The number of benzene rings is 1. The number of nitrogens with zero attached hydrogens (tertiary/aromatic N) is 1. The van der Waals surface area contributed by atoms with Gasteiger partial charge < -0.3 is 19.5 Å². The molecule has 1 aromatic carbocycles. The topological polar surface area (TPSA) is 69.7 Å². The summed E-state index contributed by atoms with van der Waals surface area (Å²) in [4.78, 5) is 16.5. The number of halogens is 1. The summed E-state index contributed by atoms with van der Waals surface area (Å²) in [7, 11) is 4.51. The molecular weight excluding hydrogens is 399 g/mol. The summed E-state index contributed by atoms with van der Waals surface area (Å²) in [5, 5.41) is 2.72. The predicted molar refractivity (Wildman–Crippen MR) is 91.0 cm³/mol. The first kappa shape index (κ1) is 16.3. The molecule has 1 N–H and O–H groups in total. The largest absolute Gasteiger partial charge is 0.493 e. The van der Waals surface area contributed by atoms with Gasteiger partial charge in [-0.2, -0.15) is 0 Å². The lowest BCUT2D eigenvalue weighted by atomic mass is 10.1. The predicted octanol–water partition coefficient (Wildman–Crippen LogP) is 2.96. The van der Waals surface area contributed by atoms with Crippen LogP contribution in [0.1, 0.15) is 10.4 Å². The minimum atomic E-state index is -0.312. The van der Waals surface area contributed by atoms with E-state index < -0.39 is 0 Å². The summed E-state index contributed by atoms with van der Waals surface area (Å²) < 4.78 is 16.7. The SMILES string of the molecule is COc1cc(C(=O)Nc2ccc(I)cn2)cc(OC)c1OC. The van der Waals surface area contributed by atoms with E-state index in [4.69, 9.17) is 14.2 Å². The number of carbonyl (C=O) groups excluding carboxylic acids is 1. The number of hydrogen-bond donors (Lipinski definition) is 1. The molecule has 2 rings (SSSR count). The molecule has 22 heavy (non-hydrogen) atoms. The zero-order chi connectivity index (χ0) is 16.1. The minimum Gasteiger partial charge on any atom is -0.493 e. The van der Waals surface area contributed by atoms with E-state index in [1.807, 2.05) is 6.07 Å². The molecule has 1 amide bonds. The molecule has 1 aromatic heterocycles. The number of rotatable bonds is 5. The first-order valence-electron chi connectivity index (χ1n) is 6.32. The average Bonchev–Trinajstić information content (AvgIpc) is 2.55. The lowest BCUT2D eigenvalue weighted by Crippen LogP contribution is -2.13. The molecule has 0 atom stereocenters. The number of aromatic nitrogens is 1. The monoisotopic (exact) mass is 414 g/mol. The lowest BCUT2D eigenvalue weighted by molar-refractivity contribution is 0.102. The van der Waals surface area contributed by atoms with E-state index in [9.17, 15) is 4.79 Å². The molecule has 0 radical (unpaired) electrons. The van der Waals surface area contributed by atoms with Gasteiger partial charge in [0, 0.05) is 15.3 Å². The number of pyridine rings is 1. The van der Waals surface area contributed by atoms with E-state index in [-0.39, 0.29) is 5.91 Å². The Kier molecular flexibility index (Phi) is 5.42. The number of nitrogens with one attached hydrogen (secondary N) is 1. The second kappa shape index (κ2) is 7.30. The summed E-state index contributed by atoms with van der Waals surface area (Å²) in [6.45, 7) is 0. The maximum atomic E-state index is 12.3. The van der Waals surface area contributed by atoms with Crippen molar-refractivity contribution in [2.24, 2.45) is 0 Å². The zero-order valence-corrected chi connectivity index (χ0v) is 14.5. The fourth-order valence-corrected chi connectivity index (χ4v) is 2.17. The number of hydrogen-bond acceptors (Lipinski definition) is 5. The minimum absolute atomic E-state index is 0.312. The normalized spacial score (nSPS) is 10.0. The van der Waals surface area contributed by atoms with Gasteiger partial charge in [0.2, 0.25) is 5.75 Å². The van der Waals surface area contributed by atoms with Gasteiger partial charge in [-0.05, 0) is 46.9 Å². The van der Waals surface area contributed by atoms with Gasteiger partial charge in [-0.1, -0.05) is 0 Å². The summed E-state index contributed by atoms with van der Waals surface area (Å²) in [6.07, 6.45) is 1.67. The molecule has 0 saturated carbocycles. The van der Waals surface area contributed by atoms with Crippen LogP contribution < -0.4 is 19.5 Å². The molecule has 1 heterocycles. The third kappa shape index (κ3) is 3.59.